The minimum atomic E-state index is -0.579. The van der Waals surface area contributed by atoms with Crippen molar-refractivity contribution in [2.75, 3.05) is 13.2 Å². The predicted molar refractivity (Wildman–Crippen MR) is 69.7 cm³/mol. The number of aliphatic hydroxyl groups excluding tert-OH is 1. The molecule has 18 heavy (non-hydrogen) atoms. The molecule has 1 saturated carbocycles. The van der Waals surface area contributed by atoms with Crippen LogP contribution in [0.15, 0.2) is 12.1 Å². The first-order valence-electron chi connectivity index (χ1n) is 6.17. The molecule has 1 aliphatic rings. The van der Waals surface area contributed by atoms with Gasteiger partial charge in [-0.05, 0) is 30.9 Å². The van der Waals surface area contributed by atoms with Crippen LogP contribution in [-0.2, 0) is 5.41 Å². The smallest absolute Gasteiger partial charge is 0.141 e. The van der Waals surface area contributed by atoms with E-state index in [4.69, 9.17) is 16.3 Å². The van der Waals surface area contributed by atoms with Gasteiger partial charge in [0, 0.05) is 11.0 Å². The second-order valence-electron chi connectivity index (χ2n) is 5.56. The molecule has 1 N–H and O–H groups in total. The number of halogens is 2. The van der Waals surface area contributed by atoms with E-state index in [1.807, 2.05) is 13.8 Å². The van der Waals surface area contributed by atoms with Gasteiger partial charge in [0.25, 0.3) is 0 Å². The van der Waals surface area contributed by atoms with E-state index in [9.17, 15) is 9.50 Å². The van der Waals surface area contributed by atoms with Gasteiger partial charge in [0.15, 0.2) is 0 Å². The number of ether oxygens (including phenoxy) is 1. The van der Waals surface area contributed by atoms with E-state index in [2.05, 4.69) is 0 Å². The molecule has 0 amide bonds. The van der Waals surface area contributed by atoms with Gasteiger partial charge in [-0.25, -0.2) is 4.39 Å². The third-order valence-electron chi connectivity index (χ3n) is 3.29. The number of hydrogen-bond donors (Lipinski definition) is 1. The van der Waals surface area contributed by atoms with E-state index in [1.165, 1.54) is 25.0 Å². The molecule has 4 heteroatoms. The zero-order valence-corrected chi connectivity index (χ0v) is 11.4. The Labute approximate surface area is 112 Å². The monoisotopic (exact) mass is 272 g/mol. The molecule has 0 aliphatic heterocycles. The zero-order valence-electron chi connectivity index (χ0n) is 10.7. The van der Waals surface area contributed by atoms with Crippen molar-refractivity contribution in [3.8, 4) is 5.75 Å². The van der Waals surface area contributed by atoms with Crippen LogP contribution in [0.25, 0.3) is 0 Å². The van der Waals surface area contributed by atoms with Crippen LogP contribution in [0, 0.1) is 11.7 Å². The molecule has 0 spiro atoms. The minimum absolute atomic E-state index is 0.0907. The molecule has 2 rings (SSSR count). The molecule has 100 valence electrons. The molecule has 1 aromatic rings. The van der Waals surface area contributed by atoms with Gasteiger partial charge in [-0.2, -0.15) is 0 Å². The van der Waals surface area contributed by atoms with Gasteiger partial charge in [0.1, 0.15) is 11.6 Å². The molecule has 0 heterocycles. The number of aliphatic hydroxyl groups is 1. The number of benzene rings is 1. The summed E-state index contributed by atoms with van der Waals surface area (Å²) in [6.45, 7) is 4.19. The lowest BCUT2D eigenvalue weighted by Crippen LogP contribution is -2.23. The molecule has 0 radical (unpaired) electrons. The average molecular weight is 273 g/mol. The highest BCUT2D eigenvalue weighted by Gasteiger charge is 2.28. The van der Waals surface area contributed by atoms with Crippen molar-refractivity contribution in [1.29, 1.82) is 0 Å². The standard InChI is InChI=1S/C14H18ClFO2/c1-14(2,8-17)11-5-10(16)6-12(15)13(11)18-7-9-3-4-9/h5-6,9,17H,3-4,7-8H2,1-2H3. The fraction of sp³-hybridized carbons (Fsp3) is 0.571. The molecule has 1 fully saturated rings. The molecule has 1 aliphatic carbocycles. The molecule has 0 saturated heterocycles. The third-order valence-corrected chi connectivity index (χ3v) is 3.57. The Balaban J connectivity index is 2.34. The van der Waals surface area contributed by atoms with Crippen molar-refractivity contribution in [2.45, 2.75) is 32.1 Å². The Morgan fingerprint density at radius 3 is 2.67 bits per heavy atom. The molecule has 2 nitrogen and oxygen atoms in total. The maximum Gasteiger partial charge on any atom is 0.141 e. The molecule has 0 unspecified atom stereocenters. The lowest BCUT2D eigenvalue weighted by molar-refractivity contribution is 0.210. The van der Waals surface area contributed by atoms with Crippen molar-refractivity contribution in [3.63, 3.8) is 0 Å². The van der Waals surface area contributed by atoms with E-state index in [0.717, 1.165) is 0 Å². The summed E-state index contributed by atoms with van der Waals surface area (Å²) >= 11 is 6.05. The van der Waals surface area contributed by atoms with Crippen LogP contribution in [-0.4, -0.2) is 18.3 Å². The fourth-order valence-corrected chi connectivity index (χ4v) is 2.04. The molecule has 0 bridgehead atoms. The lowest BCUT2D eigenvalue weighted by Gasteiger charge is -2.26. The van der Waals surface area contributed by atoms with Crippen molar-refractivity contribution in [2.24, 2.45) is 5.92 Å². The van der Waals surface area contributed by atoms with Crippen LogP contribution in [0.3, 0.4) is 0 Å². The highest BCUT2D eigenvalue weighted by atomic mass is 35.5. The molecular weight excluding hydrogens is 255 g/mol. The van der Waals surface area contributed by atoms with Gasteiger partial charge < -0.3 is 9.84 Å². The van der Waals surface area contributed by atoms with Crippen molar-refractivity contribution >= 4 is 11.6 Å². The Morgan fingerprint density at radius 2 is 2.11 bits per heavy atom. The minimum Gasteiger partial charge on any atom is -0.491 e. The summed E-state index contributed by atoms with van der Waals surface area (Å²) in [5.41, 5.74) is 0.0422. The van der Waals surface area contributed by atoms with Crippen LogP contribution in [0.5, 0.6) is 5.75 Å². The first-order valence-corrected chi connectivity index (χ1v) is 6.55. The van der Waals surface area contributed by atoms with Gasteiger partial charge in [-0.3, -0.25) is 0 Å². The SMILES string of the molecule is CC(C)(CO)c1cc(F)cc(Cl)c1OCC1CC1. The van der Waals surface area contributed by atoms with Crippen LogP contribution in [0.4, 0.5) is 4.39 Å². The Bertz CT molecular complexity index is 442. The first kappa shape index (κ1) is 13.6. The van der Waals surface area contributed by atoms with Gasteiger partial charge in [-0.15, -0.1) is 0 Å². The van der Waals surface area contributed by atoms with Crippen LogP contribution in [0.2, 0.25) is 5.02 Å². The largest absolute Gasteiger partial charge is 0.491 e. The van der Waals surface area contributed by atoms with E-state index >= 15 is 0 Å². The topological polar surface area (TPSA) is 29.5 Å². The maximum atomic E-state index is 13.5. The summed E-state index contributed by atoms with van der Waals surface area (Å²) in [5.74, 6) is 0.690. The molecule has 1 aromatic carbocycles. The molecular formula is C14H18ClFO2. The fourth-order valence-electron chi connectivity index (χ4n) is 1.78. The van der Waals surface area contributed by atoms with Gasteiger partial charge in [0.2, 0.25) is 0 Å². The highest BCUT2D eigenvalue weighted by Crippen LogP contribution is 2.39. The summed E-state index contributed by atoms with van der Waals surface area (Å²) < 4.78 is 19.2. The molecule has 0 aromatic heterocycles. The second kappa shape index (κ2) is 5.06. The van der Waals surface area contributed by atoms with Crippen molar-refractivity contribution < 1.29 is 14.2 Å². The van der Waals surface area contributed by atoms with E-state index < -0.39 is 11.2 Å². The number of rotatable bonds is 5. The predicted octanol–water partition coefficient (Wildman–Crippen LogP) is 3.54. The summed E-state index contributed by atoms with van der Waals surface area (Å²) in [6.07, 6.45) is 2.36. The highest BCUT2D eigenvalue weighted by molar-refractivity contribution is 6.32. The van der Waals surface area contributed by atoms with E-state index in [1.54, 1.807) is 0 Å². The Morgan fingerprint density at radius 1 is 1.44 bits per heavy atom. The van der Waals surface area contributed by atoms with Gasteiger partial charge >= 0.3 is 0 Å². The van der Waals surface area contributed by atoms with Crippen molar-refractivity contribution in [3.05, 3.63) is 28.5 Å². The summed E-state index contributed by atoms with van der Waals surface area (Å²) in [6, 6.07) is 2.64. The quantitative estimate of drug-likeness (QED) is 0.888. The van der Waals surface area contributed by atoms with Gasteiger partial charge in [0.05, 0.1) is 18.2 Å². The average Bonchev–Trinajstić information content (AvgIpc) is 3.11. The summed E-state index contributed by atoms with van der Waals surface area (Å²) in [5, 5.41) is 9.69. The molecule has 0 atom stereocenters. The number of hydrogen-bond acceptors (Lipinski definition) is 2. The first-order chi connectivity index (χ1) is 8.44. The van der Waals surface area contributed by atoms with Crippen molar-refractivity contribution in [1.82, 2.24) is 0 Å². The van der Waals surface area contributed by atoms with Crippen LogP contribution >= 0.6 is 11.6 Å². The second-order valence-corrected chi connectivity index (χ2v) is 5.97. The summed E-state index contributed by atoms with van der Waals surface area (Å²) in [7, 11) is 0. The lowest BCUT2D eigenvalue weighted by atomic mass is 9.85. The Kier molecular flexibility index (Phi) is 3.83. The van der Waals surface area contributed by atoms with E-state index in [-0.39, 0.29) is 11.6 Å². The van der Waals surface area contributed by atoms with E-state index in [0.29, 0.717) is 23.8 Å². The maximum absolute atomic E-state index is 13.5. The third kappa shape index (κ3) is 2.96. The van der Waals surface area contributed by atoms with Crippen LogP contribution < -0.4 is 4.74 Å². The normalized spacial score (nSPS) is 15.8. The Hall–Kier alpha value is -0.800. The van der Waals surface area contributed by atoms with Gasteiger partial charge in [-0.1, -0.05) is 25.4 Å². The summed E-state index contributed by atoms with van der Waals surface area (Å²) in [4.78, 5) is 0. The zero-order chi connectivity index (χ0) is 13.3. The van der Waals surface area contributed by atoms with Crippen LogP contribution in [0.1, 0.15) is 32.3 Å².